The number of hydrogen-bond donors (Lipinski definition) is 0. The average molecular weight is 240 g/mol. The molecule has 1 rings (SSSR count). The fourth-order valence-corrected chi connectivity index (χ4v) is 2.07. The lowest BCUT2D eigenvalue weighted by Gasteiger charge is -2.23. The Morgan fingerprint density at radius 2 is 1.92 bits per heavy atom. The Morgan fingerprint density at radius 3 is 2.58 bits per heavy atom. The molecule has 0 bridgehead atoms. The highest BCUT2D eigenvalue weighted by molar-refractivity contribution is 9.10. The molecule has 1 saturated carbocycles. The van der Waals surface area contributed by atoms with E-state index in [1.807, 2.05) is 0 Å². The number of alkyl halides is 3. The zero-order valence-corrected chi connectivity index (χ0v) is 8.62. The van der Waals surface area contributed by atoms with E-state index in [1.165, 1.54) is 0 Å². The Balaban J connectivity index is 2.40. The van der Waals surface area contributed by atoms with Gasteiger partial charge in [-0.3, -0.25) is 0 Å². The second-order valence-corrected chi connectivity index (χ2v) is 4.45. The van der Waals surface area contributed by atoms with Crippen LogP contribution in [0.1, 0.15) is 38.5 Å². The van der Waals surface area contributed by atoms with Crippen LogP contribution in [0.25, 0.3) is 0 Å². The monoisotopic (exact) mass is 239 g/mol. The van der Waals surface area contributed by atoms with Crippen molar-refractivity contribution in [2.24, 2.45) is 5.92 Å². The molecule has 0 amide bonds. The standard InChI is InChI=1S/C9H14BrF2/c10-9(11,12)8-6-4-2-1-3-5-7-8/h2,8H,1,3-7H2. The minimum atomic E-state index is -2.65. The minimum absolute atomic E-state index is 0.464. The number of rotatable bonds is 1. The van der Waals surface area contributed by atoms with Gasteiger partial charge in [-0.1, -0.05) is 19.3 Å². The van der Waals surface area contributed by atoms with Crippen molar-refractivity contribution in [2.45, 2.75) is 43.4 Å². The van der Waals surface area contributed by atoms with E-state index in [4.69, 9.17) is 0 Å². The van der Waals surface area contributed by atoms with Crippen molar-refractivity contribution in [2.75, 3.05) is 0 Å². The first-order chi connectivity index (χ1) is 5.61. The van der Waals surface area contributed by atoms with Gasteiger partial charge in [0.2, 0.25) is 0 Å². The van der Waals surface area contributed by atoms with E-state index in [-0.39, 0.29) is 0 Å². The molecule has 1 unspecified atom stereocenters. The van der Waals surface area contributed by atoms with E-state index < -0.39 is 10.7 Å². The summed E-state index contributed by atoms with van der Waals surface area (Å²) in [5.74, 6) is -0.464. The fourth-order valence-electron chi connectivity index (χ4n) is 1.61. The molecule has 1 radical (unpaired) electrons. The van der Waals surface area contributed by atoms with Crippen molar-refractivity contribution >= 4 is 15.9 Å². The first-order valence-corrected chi connectivity index (χ1v) is 5.28. The molecule has 0 heterocycles. The van der Waals surface area contributed by atoms with E-state index in [0.29, 0.717) is 12.8 Å². The largest absolute Gasteiger partial charge is 0.304 e. The van der Waals surface area contributed by atoms with E-state index in [9.17, 15) is 8.78 Å². The molecule has 0 aromatic heterocycles. The van der Waals surface area contributed by atoms with E-state index in [1.54, 1.807) is 0 Å². The van der Waals surface area contributed by atoms with Gasteiger partial charge >= 0.3 is 4.83 Å². The SMILES string of the molecule is FC(F)(Br)C1CC[CH]CCCC1. The van der Waals surface area contributed by atoms with E-state index >= 15 is 0 Å². The summed E-state index contributed by atoms with van der Waals surface area (Å²) in [5.41, 5.74) is 0. The molecule has 0 aromatic carbocycles. The summed E-state index contributed by atoms with van der Waals surface area (Å²) >= 11 is 2.45. The smallest absolute Gasteiger partial charge is 0.193 e. The van der Waals surface area contributed by atoms with Gasteiger partial charge in [-0.25, -0.2) is 0 Å². The van der Waals surface area contributed by atoms with Gasteiger partial charge in [-0.2, -0.15) is 8.78 Å². The van der Waals surface area contributed by atoms with Crippen LogP contribution in [0.15, 0.2) is 0 Å². The Bertz CT molecular complexity index is 123. The predicted molar refractivity (Wildman–Crippen MR) is 49.4 cm³/mol. The van der Waals surface area contributed by atoms with E-state index in [0.717, 1.165) is 25.7 Å². The molecule has 0 N–H and O–H groups in total. The fraction of sp³-hybridized carbons (Fsp3) is 0.889. The molecular formula is C9H14BrF2. The van der Waals surface area contributed by atoms with Crippen LogP contribution in [-0.2, 0) is 0 Å². The van der Waals surface area contributed by atoms with Gasteiger partial charge in [-0.15, -0.1) is 0 Å². The third-order valence-electron chi connectivity index (χ3n) is 2.39. The Hall–Kier alpha value is 0.340. The molecule has 0 aromatic rings. The Morgan fingerprint density at radius 1 is 1.17 bits per heavy atom. The quantitative estimate of drug-likeness (QED) is 0.604. The summed E-state index contributed by atoms with van der Waals surface area (Å²) in [6.07, 6.45) is 7.35. The third-order valence-corrected chi connectivity index (χ3v) is 3.04. The maximum Gasteiger partial charge on any atom is 0.304 e. The van der Waals surface area contributed by atoms with Crippen molar-refractivity contribution in [1.29, 1.82) is 0 Å². The van der Waals surface area contributed by atoms with Crippen LogP contribution in [-0.4, -0.2) is 4.83 Å². The van der Waals surface area contributed by atoms with Crippen molar-refractivity contribution < 1.29 is 8.78 Å². The van der Waals surface area contributed by atoms with Crippen LogP contribution in [0.3, 0.4) is 0 Å². The molecule has 1 fully saturated rings. The molecule has 0 nitrogen and oxygen atoms in total. The molecule has 12 heavy (non-hydrogen) atoms. The molecule has 0 saturated heterocycles. The average Bonchev–Trinajstić information content (AvgIpc) is 1.81. The summed E-state index contributed by atoms with van der Waals surface area (Å²) < 4.78 is 25.6. The topological polar surface area (TPSA) is 0 Å². The number of hydrogen-bond acceptors (Lipinski definition) is 0. The molecule has 1 atom stereocenters. The van der Waals surface area contributed by atoms with Crippen molar-refractivity contribution in [3.05, 3.63) is 6.42 Å². The highest BCUT2D eigenvalue weighted by atomic mass is 79.9. The van der Waals surface area contributed by atoms with Gasteiger partial charge in [0.1, 0.15) is 0 Å². The minimum Gasteiger partial charge on any atom is -0.193 e. The van der Waals surface area contributed by atoms with Crippen LogP contribution < -0.4 is 0 Å². The lowest BCUT2D eigenvalue weighted by atomic mass is 9.91. The number of halogens is 3. The normalized spacial score (nSPS) is 23.2. The summed E-state index contributed by atoms with van der Waals surface area (Å²) in [4.78, 5) is -2.65. The lowest BCUT2D eigenvalue weighted by molar-refractivity contribution is 0.0344. The van der Waals surface area contributed by atoms with Gasteiger partial charge in [0.25, 0.3) is 0 Å². The highest BCUT2D eigenvalue weighted by Gasteiger charge is 2.35. The second kappa shape index (κ2) is 4.54. The molecule has 1 aliphatic rings. The Kier molecular flexibility index (Phi) is 3.94. The van der Waals surface area contributed by atoms with Gasteiger partial charge in [-0.05, 0) is 41.6 Å². The summed E-state index contributed by atoms with van der Waals surface area (Å²) in [7, 11) is 0. The van der Waals surface area contributed by atoms with E-state index in [2.05, 4.69) is 22.4 Å². The zero-order chi connectivity index (χ0) is 9.03. The van der Waals surface area contributed by atoms with Crippen molar-refractivity contribution in [3.63, 3.8) is 0 Å². The third kappa shape index (κ3) is 3.38. The van der Waals surface area contributed by atoms with Gasteiger partial charge in [0.05, 0.1) is 0 Å². The van der Waals surface area contributed by atoms with Crippen LogP contribution in [0.5, 0.6) is 0 Å². The molecule has 0 aliphatic heterocycles. The van der Waals surface area contributed by atoms with Crippen LogP contribution >= 0.6 is 15.9 Å². The van der Waals surface area contributed by atoms with Crippen molar-refractivity contribution in [1.82, 2.24) is 0 Å². The maximum absolute atomic E-state index is 12.8. The van der Waals surface area contributed by atoms with Crippen molar-refractivity contribution in [3.8, 4) is 0 Å². The van der Waals surface area contributed by atoms with Gasteiger partial charge in [0, 0.05) is 5.92 Å². The first kappa shape index (κ1) is 10.4. The molecule has 0 spiro atoms. The van der Waals surface area contributed by atoms with Crippen LogP contribution in [0.4, 0.5) is 8.78 Å². The van der Waals surface area contributed by atoms with Crippen LogP contribution in [0.2, 0.25) is 0 Å². The molecule has 3 heteroatoms. The molecular weight excluding hydrogens is 226 g/mol. The van der Waals surface area contributed by atoms with Gasteiger partial charge < -0.3 is 0 Å². The second-order valence-electron chi connectivity index (χ2n) is 3.39. The lowest BCUT2D eigenvalue weighted by Crippen LogP contribution is -2.21. The van der Waals surface area contributed by atoms with Gasteiger partial charge in [0.15, 0.2) is 0 Å². The van der Waals surface area contributed by atoms with Crippen LogP contribution in [0, 0.1) is 12.3 Å². The predicted octanol–water partition coefficient (Wildman–Crippen LogP) is 4.15. The first-order valence-electron chi connectivity index (χ1n) is 4.49. The Labute approximate surface area is 80.9 Å². The zero-order valence-electron chi connectivity index (χ0n) is 7.03. The summed E-state index contributed by atoms with van der Waals surface area (Å²) in [6.45, 7) is 0. The maximum atomic E-state index is 12.8. The summed E-state index contributed by atoms with van der Waals surface area (Å²) in [5, 5.41) is 0. The molecule has 71 valence electrons. The molecule has 1 aliphatic carbocycles. The summed E-state index contributed by atoms with van der Waals surface area (Å²) in [6, 6.07) is 0. The highest BCUT2D eigenvalue weighted by Crippen LogP contribution is 2.38.